The molecule has 0 aliphatic heterocycles. The van der Waals surface area contributed by atoms with Gasteiger partial charge in [-0.3, -0.25) is 0 Å². The molecule has 0 N–H and O–H groups in total. The van der Waals surface area contributed by atoms with Gasteiger partial charge >= 0.3 is 5.65 Å². The molecule has 22 heavy (non-hydrogen) atoms. The second-order valence-corrected chi connectivity index (χ2v) is 5.86. The molecule has 0 amide bonds. The number of hydrogen-bond acceptors (Lipinski definition) is 1. The van der Waals surface area contributed by atoms with Gasteiger partial charge < -0.3 is 0 Å². The second-order valence-electron chi connectivity index (χ2n) is 5.86. The first-order valence-corrected chi connectivity index (χ1v) is 7.49. The molecule has 3 nitrogen and oxygen atoms in total. The highest BCUT2D eigenvalue weighted by atomic mass is 15.3. The van der Waals surface area contributed by atoms with E-state index in [1.54, 1.807) is 0 Å². The highest BCUT2D eigenvalue weighted by Crippen LogP contribution is 2.23. The molecule has 0 spiro atoms. The Balaban J connectivity index is 2.07. The number of benzene rings is 2. The summed E-state index contributed by atoms with van der Waals surface area (Å²) in [7, 11) is 2.09. The molecule has 2 aromatic carbocycles. The van der Waals surface area contributed by atoms with E-state index in [0.717, 1.165) is 22.4 Å². The van der Waals surface area contributed by atoms with Crippen LogP contribution in [0.5, 0.6) is 0 Å². The lowest BCUT2D eigenvalue weighted by Crippen LogP contribution is -2.27. The molecule has 0 atom stereocenters. The molecule has 3 heteroatoms. The lowest BCUT2D eigenvalue weighted by molar-refractivity contribution is -0.618. The van der Waals surface area contributed by atoms with Crippen molar-refractivity contribution in [1.29, 1.82) is 0 Å². The lowest BCUT2D eigenvalue weighted by atomic mass is 10.1. The molecular weight excluding hydrogens is 270 g/mol. The van der Waals surface area contributed by atoms with Crippen molar-refractivity contribution < 1.29 is 4.57 Å². The van der Waals surface area contributed by atoms with Crippen molar-refractivity contribution in [3.63, 3.8) is 0 Å². The zero-order chi connectivity index (χ0) is 15.3. The van der Waals surface area contributed by atoms with E-state index in [0.29, 0.717) is 0 Å². The number of aromatic nitrogens is 3. The Kier molecular flexibility index (Phi) is 2.76. The van der Waals surface area contributed by atoms with E-state index >= 15 is 0 Å². The van der Waals surface area contributed by atoms with Crippen LogP contribution in [0.4, 0.5) is 0 Å². The molecule has 2 aromatic heterocycles. The van der Waals surface area contributed by atoms with E-state index in [2.05, 4.69) is 80.1 Å². The van der Waals surface area contributed by atoms with Crippen LogP contribution in [-0.4, -0.2) is 9.61 Å². The molecule has 0 aliphatic carbocycles. The Morgan fingerprint density at radius 1 is 0.955 bits per heavy atom. The molecular formula is C19H18N3+. The van der Waals surface area contributed by atoms with Gasteiger partial charge in [-0.05, 0) is 31.5 Å². The summed E-state index contributed by atoms with van der Waals surface area (Å²) in [6.07, 6.45) is 0. The summed E-state index contributed by atoms with van der Waals surface area (Å²) in [6, 6.07) is 19.1. The summed E-state index contributed by atoms with van der Waals surface area (Å²) in [4.78, 5) is 0. The zero-order valence-electron chi connectivity index (χ0n) is 13.0. The molecule has 0 saturated heterocycles. The maximum absolute atomic E-state index is 4.92. The van der Waals surface area contributed by atoms with Crippen LogP contribution in [0.3, 0.4) is 0 Å². The van der Waals surface area contributed by atoms with Crippen molar-refractivity contribution in [3.05, 3.63) is 65.7 Å². The first kappa shape index (κ1) is 13.0. The van der Waals surface area contributed by atoms with Crippen molar-refractivity contribution in [2.45, 2.75) is 13.8 Å². The molecule has 0 saturated carbocycles. The summed E-state index contributed by atoms with van der Waals surface area (Å²) in [5.41, 5.74) is 8.08. The van der Waals surface area contributed by atoms with Gasteiger partial charge in [0.15, 0.2) is 5.52 Å². The van der Waals surface area contributed by atoms with E-state index < -0.39 is 0 Å². The standard InChI is InChI=1S/C19H18N3/c1-13-8-10-15(11-9-13)19-14(2)12-18-21(3)16-6-4-5-7-17(16)22(18)20-19/h4-12H,1-3H3/q+1. The number of rotatable bonds is 1. The smallest absolute Gasteiger partial charge is 0.224 e. The minimum atomic E-state index is 1.04. The Morgan fingerprint density at radius 3 is 2.45 bits per heavy atom. The molecule has 0 aliphatic rings. The van der Waals surface area contributed by atoms with Gasteiger partial charge in [-0.15, -0.1) is 0 Å². The Hall–Kier alpha value is -2.68. The third kappa shape index (κ3) is 1.82. The van der Waals surface area contributed by atoms with Gasteiger partial charge in [-0.2, -0.15) is 0 Å². The number of hydrogen-bond donors (Lipinski definition) is 0. The van der Waals surface area contributed by atoms with Gasteiger partial charge in [-0.1, -0.05) is 51.6 Å². The highest BCUT2D eigenvalue weighted by Gasteiger charge is 2.19. The van der Waals surface area contributed by atoms with Crippen molar-refractivity contribution in [1.82, 2.24) is 9.61 Å². The van der Waals surface area contributed by atoms with Crippen LogP contribution in [0.15, 0.2) is 54.6 Å². The minimum Gasteiger partial charge on any atom is -0.224 e. The van der Waals surface area contributed by atoms with E-state index in [1.165, 1.54) is 16.6 Å². The maximum atomic E-state index is 4.92. The van der Waals surface area contributed by atoms with Crippen molar-refractivity contribution in [3.8, 4) is 11.3 Å². The van der Waals surface area contributed by atoms with Gasteiger partial charge in [0.2, 0.25) is 5.52 Å². The molecule has 2 heterocycles. The van der Waals surface area contributed by atoms with E-state index in [1.807, 2.05) is 4.52 Å². The fourth-order valence-corrected chi connectivity index (χ4v) is 3.02. The van der Waals surface area contributed by atoms with Gasteiger partial charge in [0.25, 0.3) is 0 Å². The number of para-hydroxylation sites is 2. The Morgan fingerprint density at radius 2 is 1.68 bits per heavy atom. The molecule has 0 fully saturated rings. The number of aryl methyl sites for hydroxylation is 3. The molecule has 4 rings (SSSR count). The van der Waals surface area contributed by atoms with Crippen molar-refractivity contribution >= 4 is 16.7 Å². The molecule has 0 radical (unpaired) electrons. The van der Waals surface area contributed by atoms with Gasteiger partial charge in [-0.25, -0.2) is 4.57 Å². The summed E-state index contributed by atoms with van der Waals surface area (Å²) >= 11 is 0. The monoisotopic (exact) mass is 288 g/mol. The van der Waals surface area contributed by atoms with Crippen LogP contribution in [0.2, 0.25) is 0 Å². The largest absolute Gasteiger partial charge is 0.308 e. The molecule has 4 aromatic rings. The van der Waals surface area contributed by atoms with E-state index in [9.17, 15) is 0 Å². The number of fused-ring (bicyclic) bond motifs is 3. The quantitative estimate of drug-likeness (QED) is 0.490. The Bertz CT molecular complexity index is 995. The predicted molar refractivity (Wildman–Crippen MR) is 88.8 cm³/mol. The zero-order valence-corrected chi connectivity index (χ0v) is 13.0. The average molecular weight is 288 g/mol. The summed E-state index contributed by atoms with van der Waals surface area (Å²) in [5.74, 6) is 0. The van der Waals surface area contributed by atoms with Crippen LogP contribution < -0.4 is 4.57 Å². The highest BCUT2D eigenvalue weighted by molar-refractivity contribution is 5.76. The van der Waals surface area contributed by atoms with Crippen LogP contribution in [0.1, 0.15) is 11.1 Å². The fourth-order valence-electron chi connectivity index (χ4n) is 3.02. The van der Waals surface area contributed by atoms with Crippen LogP contribution >= 0.6 is 0 Å². The SMILES string of the molecule is Cc1ccc(-c2nn3c4ccccc4[n+](C)c3cc2C)cc1. The normalized spacial score (nSPS) is 11.4. The first-order chi connectivity index (χ1) is 10.6. The molecule has 108 valence electrons. The maximum Gasteiger partial charge on any atom is 0.308 e. The predicted octanol–water partition coefficient (Wildman–Crippen LogP) is 3.60. The van der Waals surface area contributed by atoms with Gasteiger partial charge in [0, 0.05) is 11.6 Å². The van der Waals surface area contributed by atoms with Crippen molar-refractivity contribution in [2.75, 3.05) is 0 Å². The topological polar surface area (TPSA) is 21.2 Å². The summed E-state index contributed by atoms with van der Waals surface area (Å²) < 4.78 is 4.23. The number of nitrogens with zero attached hydrogens (tertiary/aromatic N) is 3. The van der Waals surface area contributed by atoms with E-state index in [4.69, 9.17) is 5.10 Å². The average Bonchev–Trinajstić information content (AvgIpc) is 2.81. The van der Waals surface area contributed by atoms with Crippen LogP contribution in [0, 0.1) is 13.8 Å². The van der Waals surface area contributed by atoms with Crippen LogP contribution in [0.25, 0.3) is 27.9 Å². The third-order valence-electron chi connectivity index (χ3n) is 4.28. The van der Waals surface area contributed by atoms with Gasteiger partial charge in [0.1, 0.15) is 5.69 Å². The van der Waals surface area contributed by atoms with Gasteiger partial charge in [0.05, 0.1) is 7.05 Å². The summed E-state index contributed by atoms with van der Waals surface area (Å²) in [5, 5.41) is 4.92. The van der Waals surface area contributed by atoms with Crippen molar-refractivity contribution in [2.24, 2.45) is 7.05 Å². The summed E-state index contributed by atoms with van der Waals surface area (Å²) in [6.45, 7) is 4.23. The fraction of sp³-hybridized carbons (Fsp3) is 0.158. The van der Waals surface area contributed by atoms with Crippen LogP contribution in [-0.2, 0) is 7.05 Å². The number of imidazole rings is 1. The van der Waals surface area contributed by atoms with E-state index in [-0.39, 0.29) is 0 Å². The third-order valence-corrected chi connectivity index (χ3v) is 4.28. The minimum absolute atomic E-state index is 1.04. The Labute approximate surface area is 129 Å². The molecule has 0 bridgehead atoms. The molecule has 0 unspecified atom stereocenters. The first-order valence-electron chi connectivity index (χ1n) is 7.49. The second kappa shape index (κ2) is 4.67. The lowest BCUT2D eigenvalue weighted by Gasteiger charge is -2.03.